The number of carbonyl (C=O) groups excluding carboxylic acids is 4. The summed E-state index contributed by atoms with van der Waals surface area (Å²) in [4.78, 5) is 125. The molecule has 0 saturated carbocycles. The van der Waals surface area contributed by atoms with E-state index in [2.05, 4.69) is 84.1 Å². The number of nitrogens with zero attached hydrogens (tertiary/aromatic N) is 11. The summed E-state index contributed by atoms with van der Waals surface area (Å²) in [6.07, 6.45) is 16.8. The molecule has 2 aliphatic heterocycles. The van der Waals surface area contributed by atoms with Crippen LogP contribution in [-0.2, 0) is 44.8 Å². The minimum absolute atomic E-state index is 0.0767. The number of ether oxygens (including phenoxy) is 1. The standard InChI is InChI=1S/C26H27ClN6O4S2.C25H25ClN6O5S2.C23H23ClN6O4S2.C22H20ClN5O4S2/c27-22-7-9-24(38-22)39(36,37)31-26(35)30-20-5-8-23(29-17-20)33-14-10-18-16-19(4-6-21(18)25(33)34)28-11-15-32-12-2-1-3-13-32;26-21-4-6-23(38-21)39(35,36)30-25(34)29-19-2-5-22(28-16-19)32-9-7-17-15-18(1-3-20(17)24(32)33)27-8-10-31-11-13-37-14-12-31;1-29(2)12-10-25-16-3-5-18-15(13-16)9-11-30(22(18)31)20-7-4-17(14-26-20)27-23(32)28-36(33,34)21-8-6-19(24)35-21;1-2-10-24-15-3-5-17-14(12-15)9-11-28(21(17)29)19-7-4-16(13-25-19)26-22(30)27-34(31,32)20-8-6-18(23)33-20/h4-10,14,16-17,28H,1-3,11-13,15H2,(H2,30,31,35);1-7,9,15-16,27H,8,10-14H2,(H2,29,30,34);3-9,11,13-14,25H,10,12H2,1-2H3,(H2,27,28,32);3-9,11-13,24H,2,10H2,1H3,(H2,26,27,30). The summed E-state index contributed by atoms with van der Waals surface area (Å²) in [5, 5.41) is 28.6. The molecule has 8 amide bonds. The van der Waals surface area contributed by atoms with Gasteiger partial charge < -0.3 is 57.1 Å². The summed E-state index contributed by atoms with van der Waals surface area (Å²) in [5.41, 5.74) is 3.85. The molecule has 0 radical (unpaired) electrons. The van der Waals surface area contributed by atoms with Crippen LogP contribution in [0.25, 0.3) is 66.4 Å². The fraction of sp³-hybridized carbons (Fsp3) is 0.208. The lowest BCUT2D eigenvalue weighted by Crippen LogP contribution is -2.39. The van der Waals surface area contributed by atoms with Crippen LogP contribution in [0.5, 0.6) is 0 Å². The van der Waals surface area contributed by atoms with Crippen LogP contribution in [-0.4, -0.2) is 210 Å². The molecule has 16 aromatic rings. The molecule has 0 spiro atoms. The highest BCUT2D eigenvalue weighted by molar-refractivity contribution is 7.93. The molecule has 772 valence electrons. The van der Waals surface area contributed by atoms with E-state index in [-0.39, 0.29) is 74.8 Å². The van der Waals surface area contributed by atoms with Gasteiger partial charge >= 0.3 is 24.1 Å². The van der Waals surface area contributed by atoms with Gasteiger partial charge in [-0.1, -0.05) is 59.7 Å². The number of sulfonamides is 4. The first-order valence-corrected chi connectivity index (χ1v) is 56.1. The van der Waals surface area contributed by atoms with Crippen molar-refractivity contribution < 1.29 is 57.6 Å². The van der Waals surface area contributed by atoms with E-state index in [1.165, 1.54) is 135 Å². The Kier molecular flexibility index (Phi) is 36.1. The van der Waals surface area contributed by atoms with Crippen LogP contribution >= 0.6 is 91.8 Å². The predicted molar refractivity (Wildman–Crippen MR) is 584 cm³/mol. The highest BCUT2D eigenvalue weighted by Crippen LogP contribution is 2.32. The molecular formula is C96H95Cl4N23O17S8. The normalized spacial score (nSPS) is 12.9. The average Bonchev–Trinajstić information content (AvgIpc) is 1.57. The van der Waals surface area contributed by atoms with Gasteiger partial charge in [0.2, 0.25) is 0 Å². The van der Waals surface area contributed by atoms with Gasteiger partial charge in [-0.2, -0.15) is 0 Å². The molecule has 4 aromatic carbocycles. The lowest BCUT2D eigenvalue weighted by atomic mass is 10.1. The van der Waals surface area contributed by atoms with Crippen molar-refractivity contribution in [1.82, 2.24) is 71.8 Å². The van der Waals surface area contributed by atoms with Crippen molar-refractivity contribution in [2.45, 2.75) is 49.4 Å². The Hall–Kier alpha value is -13.8. The maximum Gasteiger partial charge on any atom is 0.333 e. The van der Waals surface area contributed by atoms with E-state index in [1.807, 2.05) is 106 Å². The summed E-state index contributed by atoms with van der Waals surface area (Å²) < 4.78 is 118. The fourth-order valence-corrected chi connectivity index (χ4v) is 24.6. The number of nitrogens with one attached hydrogen (secondary N) is 12. The van der Waals surface area contributed by atoms with Gasteiger partial charge in [0.1, 0.15) is 40.1 Å². The van der Waals surface area contributed by atoms with Gasteiger partial charge in [-0.05, 0) is 262 Å². The molecule has 18 rings (SSSR count). The number of amides is 8. The third-order valence-electron chi connectivity index (χ3n) is 22.3. The third kappa shape index (κ3) is 29.0. The molecule has 14 heterocycles. The van der Waals surface area contributed by atoms with E-state index in [1.54, 1.807) is 73.3 Å². The van der Waals surface area contributed by atoms with Crippen molar-refractivity contribution in [2.24, 2.45) is 0 Å². The van der Waals surface area contributed by atoms with Crippen molar-refractivity contribution in [3.05, 3.63) is 302 Å². The van der Waals surface area contributed by atoms with E-state index >= 15 is 0 Å². The fourth-order valence-electron chi connectivity index (χ4n) is 15.1. The number of piperidine rings is 1. The van der Waals surface area contributed by atoms with Crippen molar-refractivity contribution in [1.29, 1.82) is 0 Å². The predicted octanol–water partition coefficient (Wildman–Crippen LogP) is 15.9. The van der Waals surface area contributed by atoms with Gasteiger partial charge in [-0.25, -0.2) is 91.7 Å². The second kappa shape index (κ2) is 49.3. The molecule has 2 aliphatic rings. The number of hydrogen-bond acceptors (Lipinski definition) is 32. The summed E-state index contributed by atoms with van der Waals surface area (Å²) in [5.74, 6) is 1.41. The quantitative estimate of drug-likeness (QED) is 0.0192. The number of morpholine rings is 1. The number of carbonyl (C=O) groups is 4. The molecule has 40 nitrogen and oxygen atoms in total. The Morgan fingerprint density at radius 1 is 0.338 bits per heavy atom. The number of likely N-dealkylation sites (tertiary alicyclic amines) is 1. The Labute approximate surface area is 883 Å². The molecular weight excluding hydrogens is 2150 g/mol. The van der Waals surface area contributed by atoms with Crippen LogP contribution in [0.2, 0.25) is 17.3 Å². The van der Waals surface area contributed by atoms with Crippen molar-refractivity contribution in [2.75, 3.05) is 142 Å². The van der Waals surface area contributed by atoms with Crippen molar-refractivity contribution >= 4 is 245 Å². The molecule has 12 N–H and O–H groups in total. The zero-order valence-electron chi connectivity index (χ0n) is 78.8. The zero-order chi connectivity index (χ0) is 105. The monoisotopic (exact) mass is 2240 g/mol. The average molecular weight is 2240 g/mol. The van der Waals surface area contributed by atoms with Gasteiger partial charge in [0.05, 0.1) is 78.1 Å². The summed E-state index contributed by atoms with van der Waals surface area (Å²) >= 11 is 26.4. The third-order valence-corrected chi connectivity index (χ3v) is 34.5. The Bertz CT molecular complexity index is 8050. The Morgan fingerprint density at radius 2 is 0.601 bits per heavy atom. The number of hydrogen-bond donors (Lipinski definition) is 12. The number of benzene rings is 4. The van der Waals surface area contributed by atoms with Crippen molar-refractivity contribution in [3.8, 4) is 23.3 Å². The summed E-state index contributed by atoms with van der Waals surface area (Å²) in [7, 11) is -12.2. The zero-order valence-corrected chi connectivity index (χ0v) is 88.3. The van der Waals surface area contributed by atoms with E-state index < -0.39 is 64.2 Å². The number of fused-ring (bicyclic) bond motifs is 4. The molecule has 2 saturated heterocycles. The number of urea groups is 4. The van der Waals surface area contributed by atoms with Gasteiger partial charge in [-0.3, -0.25) is 42.3 Å². The number of anilines is 8. The maximum absolute atomic E-state index is 13.2. The first-order valence-electron chi connectivity index (χ1n) is 45.4. The minimum Gasteiger partial charge on any atom is -0.385 e. The van der Waals surface area contributed by atoms with Crippen LogP contribution in [0.1, 0.15) is 32.6 Å². The number of pyridine rings is 8. The minimum atomic E-state index is -4.06. The molecule has 0 aliphatic carbocycles. The highest BCUT2D eigenvalue weighted by Gasteiger charge is 2.27. The summed E-state index contributed by atoms with van der Waals surface area (Å²) in [6.45, 7) is 13.9. The molecule has 0 unspecified atom stereocenters. The topological polar surface area (TPSA) is 508 Å². The molecule has 0 atom stereocenters. The van der Waals surface area contributed by atoms with Crippen molar-refractivity contribution in [3.63, 3.8) is 0 Å². The Balaban J connectivity index is 0.000000148. The van der Waals surface area contributed by atoms with Gasteiger partial charge in [0.15, 0.2) is 0 Å². The van der Waals surface area contributed by atoms with Crippen LogP contribution < -0.4 is 83.7 Å². The van der Waals surface area contributed by atoms with Gasteiger partial charge in [-0.15, -0.1) is 45.3 Å². The van der Waals surface area contributed by atoms with E-state index in [0.717, 1.165) is 181 Å². The lowest BCUT2D eigenvalue weighted by molar-refractivity contribution is 0.0398. The lowest BCUT2D eigenvalue weighted by Gasteiger charge is -2.26. The van der Waals surface area contributed by atoms with Gasteiger partial charge in [0, 0.05) is 128 Å². The molecule has 0 bridgehead atoms. The van der Waals surface area contributed by atoms with Gasteiger partial charge in [0.25, 0.3) is 62.3 Å². The molecule has 12 aromatic heterocycles. The number of thiophene rings is 4. The first kappa shape index (κ1) is 108. The number of rotatable bonds is 31. The largest absolute Gasteiger partial charge is 0.385 e. The van der Waals surface area contributed by atoms with E-state index in [4.69, 9.17) is 51.1 Å². The molecule has 52 heteroatoms. The van der Waals surface area contributed by atoms with E-state index in [0.29, 0.717) is 49.2 Å². The smallest absolute Gasteiger partial charge is 0.333 e. The maximum atomic E-state index is 13.2. The Morgan fingerprint density at radius 3 is 0.851 bits per heavy atom. The highest BCUT2D eigenvalue weighted by atomic mass is 35.5. The number of halogens is 4. The SMILES string of the molecule is CCCNc1ccc2c(=O)n(-c3ccc(NC(=O)NS(=O)(=O)c4ccc(Cl)s4)cn3)ccc2c1.CN(C)CCNc1ccc2c(=O)n(-c3ccc(NC(=O)NS(=O)(=O)c4ccc(Cl)s4)cn3)ccc2c1.O=C(Nc1ccc(-n2ccc3cc(NCCN4CCCCC4)ccc3c2=O)nc1)NS(=O)(=O)c1ccc(Cl)s1.O=C(Nc1ccc(-n2ccc3cc(NCCN4CCOCC4)ccc3c2=O)nc1)NS(=O)(=O)c1ccc(Cl)s1. The van der Waals surface area contributed by atoms with Crippen LogP contribution in [0.4, 0.5) is 64.7 Å². The first-order chi connectivity index (χ1) is 70.9. The molecule has 148 heavy (non-hydrogen) atoms. The second-order valence-electron chi connectivity index (χ2n) is 33.1. The number of aromatic nitrogens is 8. The van der Waals surface area contributed by atoms with Crippen LogP contribution in [0.15, 0.2) is 280 Å². The van der Waals surface area contributed by atoms with Crippen LogP contribution in [0.3, 0.4) is 0 Å². The summed E-state index contributed by atoms with van der Waals surface area (Å²) in [6, 6.07) is 49.2. The molecule has 2 fully saturated rings. The second-order valence-corrected chi connectivity index (χ2v) is 47.6. The van der Waals surface area contributed by atoms with E-state index in [9.17, 15) is 72.0 Å². The number of likely N-dealkylation sites (N-methyl/N-ethyl adjacent to an activating group) is 1. The van der Waals surface area contributed by atoms with Crippen LogP contribution in [0, 0.1) is 0 Å².